The number of aliphatic hydroxyl groups is 4. The van der Waals surface area contributed by atoms with Crippen LogP contribution in [0.1, 0.15) is 25.8 Å². The summed E-state index contributed by atoms with van der Waals surface area (Å²) < 4.78 is 10.5. The van der Waals surface area contributed by atoms with Crippen molar-refractivity contribution in [3.63, 3.8) is 0 Å². The summed E-state index contributed by atoms with van der Waals surface area (Å²) in [6, 6.07) is 7.39. The molecule has 1 amide bonds. The molecule has 13 nitrogen and oxygen atoms in total. The minimum absolute atomic E-state index is 0.0675. The van der Waals surface area contributed by atoms with Gasteiger partial charge in [-0.25, -0.2) is 4.99 Å². The van der Waals surface area contributed by atoms with E-state index in [-0.39, 0.29) is 37.1 Å². The van der Waals surface area contributed by atoms with Crippen LogP contribution in [0, 0.1) is 0 Å². The highest BCUT2D eigenvalue weighted by Gasteiger charge is 2.52. The largest absolute Gasteiger partial charge is 0.390 e. The fourth-order valence-electron chi connectivity index (χ4n) is 5.93. The first-order chi connectivity index (χ1) is 18.1. The van der Waals surface area contributed by atoms with E-state index in [9.17, 15) is 25.2 Å². The van der Waals surface area contributed by atoms with Gasteiger partial charge in [0.25, 0.3) is 0 Å². The maximum atomic E-state index is 12.8. The topological polar surface area (TPSA) is 185 Å². The summed E-state index contributed by atoms with van der Waals surface area (Å²) in [6.45, 7) is 4.84. The molecule has 8 N–H and O–H groups in total. The van der Waals surface area contributed by atoms with Crippen LogP contribution < -0.4 is 21.3 Å². The van der Waals surface area contributed by atoms with Crippen LogP contribution in [0.2, 0.25) is 0 Å². The number of nitrogens with two attached hydrogens (primary N) is 1. The van der Waals surface area contributed by atoms with Gasteiger partial charge in [0.2, 0.25) is 5.91 Å². The number of rotatable bonds is 8. The Balaban J connectivity index is 1.20. The van der Waals surface area contributed by atoms with Gasteiger partial charge in [-0.15, -0.1) is 0 Å². The third kappa shape index (κ3) is 5.25. The second-order valence-corrected chi connectivity index (χ2v) is 10.6. The standard InChI is InChI=1S/C25H38N6O7/c1-12-19-13(2)30(11-31(19)20-22(27-12)28-25(26)29-23(20)36)15-5-3-14(4-6-15)9-17(33)21(35)18(34)10-38-24-16(32)7-8-37-24/h3-6,12-13,16-21,24-25,32-35H,7-11,26H2,1-2H3,(H,27,28)(H,29,36)/t12-,13+,16+,17-,18+,19+,20?,21-,24+,25?/m0/s1. The van der Waals surface area contributed by atoms with E-state index in [4.69, 9.17) is 15.2 Å². The molecule has 4 heterocycles. The van der Waals surface area contributed by atoms with Crippen molar-refractivity contribution in [1.82, 2.24) is 15.5 Å². The fraction of sp³-hybridized carbons (Fsp3) is 0.680. The molecule has 0 spiro atoms. The molecule has 3 saturated heterocycles. The van der Waals surface area contributed by atoms with Crippen LogP contribution in [-0.2, 0) is 20.7 Å². The van der Waals surface area contributed by atoms with Crippen molar-refractivity contribution in [3.05, 3.63) is 29.8 Å². The maximum absolute atomic E-state index is 12.8. The molecule has 2 unspecified atom stereocenters. The van der Waals surface area contributed by atoms with Crippen LogP contribution in [0.5, 0.6) is 0 Å². The monoisotopic (exact) mass is 534 g/mol. The number of piperazine rings is 1. The minimum atomic E-state index is -1.43. The highest BCUT2D eigenvalue weighted by atomic mass is 16.7. The number of carbonyl (C=O) groups excluding carboxylic acids is 1. The summed E-state index contributed by atoms with van der Waals surface area (Å²) in [5, 5.41) is 46.9. The predicted molar refractivity (Wildman–Crippen MR) is 137 cm³/mol. The molecule has 3 fully saturated rings. The number of anilines is 1. The first-order valence-electron chi connectivity index (χ1n) is 13.1. The van der Waals surface area contributed by atoms with E-state index in [2.05, 4.69) is 39.3 Å². The Hall–Kier alpha value is -2.36. The van der Waals surface area contributed by atoms with E-state index < -0.39 is 43.0 Å². The van der Waals surface area contributed by atoms with Gasteiger partial charge in [0, 0.05) is 30.6 Å². The van der Waals surface area contributed by atoms with Crippen LogP contribution in [0.4, 0.5) is 5.69 Å². The van der Waals surface area contributed by atoms with E-state index in [1.807, 2.05) is 24.3 Å². The average Bonchev–Trinajstić information content (AvgIpc) is 3.44. The van der Waals surface area contributed by atoms with Gasteiger partial charge < -0.3 is 45.4 Å². The van der Waals surface area contributed by atoms with Crippen molar-refractivity contribution in [2.24, 2.45) is 10.7 Å². The Bertz CT molecular complexity index is 1030. The van der Waals surface area contributed by atoms with Crippen molar-refractivity contribution in [1.29, 1.82) is 0 Å². The summed E-state index contributed by atoms with van der Waals surface area (Å²) in [4.78, 5) is 21.5. The molecule has 5 rings (SSSR count). The van der Waals surface area contributed by atoms with Gasteiger partial charge in [-0.3, -0.25) is 15.4 Å². The Morgan fingerprint density at radius 3 is 2.61 bits per heavy atom. The first-order valence-corrected chi connectivity index (χ1v) is 13.1. The maximum Gasteiger partial charge on any atom is 0.247 e. The van der Waals surface area contributed by atoms with Gasteiger partial charge in [0.1, 0.15) is 30.2 Å². The van der Waals surface area contributed by atoms with E-state index >= 15 is 0 Å². The van der Waals surface area contributed by atoms with Crippen LogP contribution in [0.25, 0.3) is 0 Å². The van der Waals surface area contributed by atoms with Crippen LogP contribution >= 0.6 is 0 Å². The molecular weight excluding hydrogens is 496 g/mol. The third-order valence-electron chi connectivity index (χ3n) is 7.92. The quantitative estimate of drug-likeness (QED) is 0.186. The molecule has 0 radical (unpaired) electrons. The smallest absolute Gasteiger partial charge is 0.247 e. The molecule has 0 bridgehead atoms. The Kier molecular flexibility index (Phi) is 7.89. The summed E-state index contributed by atoms with van der Waals surface area (Å²) in [5.41, 5.74) is 7.59. The van der Waals surface area contributed by atoms with Crippen LogP contribution in [-0.4, -0.2) is 118 Å². The summed E-state index contributed by atoms with van der Waals surface area (Å²) in [5.74, 6) is 0.435. The highest BCUT2D eigenvalue weighted by molar-refractivity contribution is 6.09. The number of nitrogens with one attached hydrogen (secondary N) is 2. The molecule has 0 saturated carbocycles. The molecule has 13 heteroatoms. The number of benzene rings is 1. The first kappa shape index (κ1) is 27.2. The van der Waals surface area contributed by atoms with Crippen LogP contribution in [0.15, 0.2) is 29.3 Å². The molecule has 0 aromatic heterocycles. The van der Waals surface area contributed by atoms with Crippen molar-refractivity contribution in [2.45, 2.75) is 87.9 Å². The lowest BCUT2D eigenvalue weighted by Gasteiger charge is -2.44. The molecule has 38 heavy (non-hydrogen) atoms. The minimum Gasteiger partial charge on any atom is -0.390 e. The van der Waals surface area contributed by atoms with E-state index in [1.165, 1.54) is 0 Å². The van der Waals surface area contributed by atoms with Gasteiger partial charge in [-0.05, 0) is 31.5 Å². The van der Waals surface area contributed by atoms with E-state index in [0.29, 0.717) is 25.5 Å². The summed E-state index contributed by atoms with van der Waals surface area (Å²) in [6.07, 6.45) is -5.74. The number of nitrogens with zero attached hydrogens (tertiary/aromatic N) is 3. The average molecular weight is 535 g/mol. The third-order valence-corrected chi connectivity index (χ3v) is 7.92. The Labute approximate surface area is 221 Å². The van der Waals surface area contributed by atoms with Gasteiger partial charge >= 0.3 is 0 Å². The van der Waals surface area contributed by atoms with Crippen molar-refractivity contribution < 1.29 is 34.7 Å². The number of ether oxygens (including phenoxy) is 2. The molecular formula is C25H38N6O7. The second kappa shape index (κ2) is 11.0. The predicted octanol–water partition coefficient (Wildman–Crippen LogP) is -2.60. The van der Waals surface area contributed by atoms with Gasteiger partial charge in [-0.1, -0.05) is 12.1 Å². The number of carbonyl (C=O) groups is 1. The molecule has 1 aromatic carbocycles. The van der Waals surface area contributed by atoms with Crippen molar-refractivity contribution >= 4 is 17.4 Å². The molecule has 1 aromatic rings. The zero-order valence-electron chi connectivity index (χ0n) is 21.6. The lowest BCUT2D eigenvalue weighted by atomic mass is 9.95. The van der Waals surface area contributed by atoms with Gasteiger partial charge in [0.15, 0.2) is 12.6 Å². The zero-order valence-corrected chi connectivity index (χ0v) is 21.6. The summed E-state index contributed by atoms with van der Waals surface area (Å²) in [7, 11) is 0. The molecule has 4 aliphatic rings. The molecule has 4 aliphatic heterocycles. The lowest BCUT2D eigenvalue weighted by molar-refractivity contribution is -0.179. The van der Waals surface area contributed by atoms with Gasteiger partial charge in [0.05, 0.1) is 32.0 Å². The zero-order chi connectivity index (χ0) is 27.1. The number of amidine groups is 1. The Morgan fingerprint density at radius 2 is 1.92 bits per heavy atom. The number of amides is 1. The fourth-order valence-corrected chi connectivity index (χ4v) is 5.93. The second-order valence-electron chi connectivity index (χ2n) is 10.6. The summed E-state index contributed by atoms with van der Waals surface area (Å²) >= 11 is 0. The molecule has 10 atom stereocenters. The number of fused-ring (bicyclic) bond motifs is 3. The SMILES string of the molecule is C[C@@H]1NC2=NC(N)NC(=O)C2N2CN(c3ccc(C[C@H](O)[C@H](O)[C@H](O)CO[C@H]4OCC[C@H]4O)cc3)[C@H](C)[C@@H]12. The molecule has 210 valence electrons. The van der Waals surface area contributed by atoms with Crippen molar-refractivity contribution in [2.75, 3.05) is 24.8 Å². The number of hydrogen-bond donors (Lipinski definition) is 7. The Morgan fingerprint density at radius 1 is 1.18 bits per heavy atom. The highest BCUT2D eigenvalue weighted by Crippen LogP contribution is 2.33. The van der Waals surface area contributed by atoms with E-state index in [0.717, 1.165) is 11.3 Å². The number of hydrogen-bond acceptors (Lipinski definition) is 12. The normalized spacial score (nSPS) is 35.6. The number of aliphatic hydroxyl groups excluding tert-OH is 4. The van der Waals surface area contributed by atoms with Crippen LogP contribution in [0.3, 0.4) is 0 Å². The lowest BCUT2D eigenvalue weighted by Crippen LogP contribution is -2.71. The van der Waals surface area contributed by atoms with Crippen molar-refractivity contribution in [3.8, 4) is 0 Å². The van der Waals surface area contributed by atoms with E-state index in [1.54, 1.807) is 0 Å². The molecule has 0 aliphatic carbocycles. The number of aliphatic imine (C=N–C) groups is 1. The van der Waals surface area contributed by atoms with Gasteiger partial charge in [-0.2, -0.15) is 0 Å².